The van der Waals surface area contributed by atoms with Crippen LogP contribution in [0, 0.1) is 27.1 Å². The Morgan fingerprint density at radius 3 is 2.15 bits per heavy atom. The summed E-state index contributed by atoms with van der Waals surface area (Å²) >= 11 is 16.9. The van der Waals surface area contributed by atoms with Crippen LogP contribution in [0.1, 0.15) is 24.3 Å². The summed E-state index contributed by atoms with van der Waals surface area (Å²) in [7, 11) is 1.38. The topological polar surface area (TPSA) is 116 Å². The maximum absolute atomic E-state index is 14.6. The van der Waals surface area contributed by atoms with E-state index in [9.17, 15) is 28.7 Å². The van der Waals surface area contributed by atoms with Crippen molar-refractivity contribution < 1.29 is 33.4 Å². The number of nitrogens with one attached hydrogen (secondary N) is 1. The summed E-state index contributed by atoms with van der Waals surface area (Å²) in [6.07, 6.45) is 1.80. The van der Waals surface area contributed by atoms with Crippen LogP contribution in [0.3, 0.4) is 0 Å². The Kier molecular flexibility index (Phi) is 8.38. The second kappa shape index (κ2) is 12.6. The van der Waals surface area contributed by atoms with Gasteiger partial charge in [0.2, 0.25) is 11.8 Å². The normalized spacial score (nSPS) is 28.0. The van der Waals surface area contributed by atoms with Crippen LogP contribution in [-0.2, 0) is 19.2 Å². The molecule has 52 heavy (non-hydrogen) atoms. The molecule has 6 atom stereocenters. The fourth-order valence-corrected chi connectivity index (χ4v) is 9.89. The number of hydrogen-bond acceptors (Lipinski definition) is 7. The molecule has 4 aromatic rings. The highest BCUT2D eigenvalue weighted by Crippen LogP contribution is 2.66. The minimum atomic E-state index is -2.12. The molecule has 4 aromatic carbocycles. The number of methoxy groups -OCH3 is 1. The molecule has 0 unspecified atom stereocenters. The van der Waals surface area contributed by atoms with E-state index in [-0.39, 0.29) is 35.9 Å². The molecule has 0 aromatic heterocycles. The number of anilines is 4. The van der Waals surface area contributed by atoms with Gasteiger partial charge in [-0.05, 0) is 120 Å². The van der Waals surface area contributed by atoms with Crippen LogP contribution in [0.15, 0.2) is 103 Å². The molecule has 3 fully saturated rings. The quantitative estimate of drug-likeness (QED) is 0.0887. The van der Waals surface area contributed by atoms with E-state index in [0.717, 1.165) is 28.4 Å². The molecule has 13 heteroatoms. The van der Waals surface area contributed by atoms with Gasteiger partial charge in [0.25, 0.3) is 11.8 Å². The standard InChI is InChI=1S/C39H29Cl2FIN3O6/c1-52-30-18-20(17-29(43)33(30)47)32-26-15-16-27-31(35(49)45(34(27)48)24-13-9-23(10-14-24)44-22-5-3-2-4-6-22)28(26)19-38(40)36(50)46(37(51)39(32,38)41)25-11-7-21(42)8-12-25/h2-15,17-18,27-28,31-32,44,47H,16,19H2,1H3/t27-,28+,31-,32-,38+,39-/m0/s1. The summed E-state index contributed by atoms with van der Waals surface area (Å²) in [5, 5.41) is 14.0. The molecule has 4 amide bonds. The number of rotatable bonds is 6. The van der Waals surface area contributed by atoms with Crippen molar-refractivity contribution in [1.82, 2.24) is 0 Å². The van der Waals surface area contributed by atoms with Crippen LogP contribution in [0.4, 0.5) is 27.1 Å². The molecule has 9 nitrogen and oxygen atoms in total. The van der Waals surface area contributed by atoms with Gasteiger partial charge in [0.15, 0.2) is 21.2 Å². The molecule has 0 bridgehead atoms. The molecule has 2 aliphatic carbocycles. The number of amides is 4. The second-order valence-electron chi connectivity index (χ2n) is 13.4. The number of benzene rings is 4. The Morgan fingerprint density at radius 2 is 1.48 bits per heavy atom. The fraction of sp³-hybridized carbons (Fsp3) is 0.231. The number of alkyl halides is 2. The van der Waals surface area contributed by atoms with E-state index in [1.165, 1.54) is 30.2 Å². The Hall–Kier alpha value is -4.46. The molecule has 2 heterocycles. The van der Waals surface area contributed by atoms with Crippen molar-refractivity contribution in [2.24, 2.45) is 17.8 Å². The van der Waals surface area contributed by atoms with E-state index < -0.39 is 57.0 Å². The number of allylic oxidation sites excluding steroid dienone is 2. The van der Waals surface area contributed by atoms with Crippen molar-refractivity contribution in [2.75, 3.05) is 22.2 Å². The number of carbonyl (C=O) groups is 4. The third-order valence-electron chi connectivity index (χ3n) is 10.7. The molecular weight excluding hydrogens is 823 g/mol. The number of para-hydroxylation sites is 1. The van der Waals surface area contributed by atoms with Gasteiger partial charge in [0.1, 0.15) is 5.82 Å². The number of ether oxygens (including phenoxy) is 1. The second-order valence-corrected chi connectivity index (χ2v) is 15.8. The van der Waals surface area contributed by atoms with Gasteiger partial charge in [-0.25, -0.2) is 9.29 Å². The minimum Gasteiger partial charge on any atom is -0.504 e. The summed E-state index contributed by atoms with van der Waals surface area (Å²) in [5.41, 5.74) is 3.14. The molecular formula is C39H29Cl2FIN3O6. The van der Waals surface area contributed by atoms with Crippen molar-refractivity contribution >= 4 is 92.2 Å². The van der Waals surface area contributed by atoms with E-state index in [0.29, 0.717) is 20.4 Å². The predicted molar refractivity (Wildman–Crippen MR) is 203 cm³/mol. The van der Waals surface area contributed by atoms with E-state index in [4.69, 9.17) is 27.9 Å². The van der Waals surface area contributed by atoms with Crippen molar-refractivity contribution in [3.05, 3.63) is 118 Å². The number of aromatic hydroxyl groups is 1. The van der Waals surface area contributed by atoms with Crippen LogP contribution in [0.2, 0.25) is 0 Å². The zero-order valence-electron chi connectivity index (χ0n) is 27.4. The first-order chi connectivity index (χ1) is 24.9. The highest BCUT2D eigenvalue weighted by atomic mass is 127. The molecule has 0 spiro atoms. The molecule has 2 N–H and O–H groups in total. The average Bonchev–Trinajstić information content (AvgIpc) is 3.48. The number of phenols is 1. The summed E-state index contributed by atoms with van der Waals surface area (Å²) in [6, 6.07) is 24.6. The Labute approximate surface area is 321 Å². The van der Waals surface area contributed by atoms with Crippen LogP contribution in [-0.4, -0.2) is 45.6 Å². The molecule has 1 saturated carbocycles. The van der Waals surface area contributed by atoms with E-state index in [1.54, 1.807) is 30.3 Å². The average molecular weight is 852 g/mol. The van der Waals surface area contributed by atoms with Crippen LogP contribution in [0.25, 0.3) is 0 Å². The molecule has 2 saturated heterocycles. The Bertz CT molecular complexity index is 2200. The zero-order valence-corrected chi connectivity index (χ0v) is 31.0. The van der Waals surface area contributed by atoms with Gasteiger partial charge in [-0.3, -0.25) is 24.1 Å². The van der Waals surface area contributed by atoms with Gasteiger partial charge in [-0.2, -0.15) is 0 Å². The van der Waals surface area contributed by atoms with Crippen LogP contribution in [0.5, 0.6) is 11.5 Å². The minimum absolute atomic E-state index is 0.0841. The van der Waals surface area contributed by atoms with E-state index >= 15 is 0 Å². The number of hydrogen-bond donors (Lipinski definition) is 2. The summed E-state index contributed by atoms with van der Waals surface area (Å²) in [6.45, 7) is 0. The lowest BCUT2D eigenvalue weighted by molar-refractivity contribution is -0.125. The smallest absolute Gasteiger partial charge is 0.258 e. The molecule has 2 aliphatic heterocycles. The summed E-state index contributed by atoms with van der Waals surface area (Å²) in [5.74, 6) is -6.55. The largest absolute Gasteiger partial charge is 0.504 e. The molecule has 0 radical (unpaired) electrons. The van der Waals surface area contributed by atoms with Crippen molar-refractivity contribution in [2.45, 2.75) is 28.5 Å². The van der Waals surface area contributed by atoms with Crippen LogP contribution < -0.4 is 19.9 Å². The Morgan fingerprint density at radius 1 is 0.846 bits per heavy atom. The number of carbonyl (C=O) groups excluding carboxylic acids is 4. The lowest BCUT2D eigenvalue weighted by Gasteiger charge is -2.50. The van der Waals surface area contributed by atoms with Gasteiger partial charge in [-0.15, -0.1) is 23.2 Å². The number of nitrogens with zero attached hydrogens (tertiary/aromatic N) is 2. The van der Waals surface area contributed by atoms with Gasteiger partial charge in [-0.1, -0.05) is 29.8 Å². The first-order valence-corrected chi connectivity index (χ1v) is 18.3. The Balaban J connectivity index is 1.22. The molecule has 8 rings (SSSR count). The summed E-state index contributed by atoms with van der Waals surface area (Å²) < 4.78 is 19.8. The third kappa shape index (κ3) is 4.99. The molecule has 264 valence electrons. The SMILES string of the molecule is COc1cc([C@H]2C3=CC[C@@H]4C(=O)N(c5ccc(Nc6ccccc6)cc5)C(=O)[C@@H]4[C@@H]3C[C@@]3(Cl)C(=O)N(c4ccc(F)cc4)C(=O)[C@@]23Cl)cc(I)c1O. The monoisotopic (exact) mass is 851 g/mol. The number of imide groups is 2. The van der Waals surface area contributed by atoms with Crippen molar-refractivity contribution in [3.63, 3.8) is 0 Å². The van der Waals surface area contributed by atoms with Crippen molar-refractivity contribution in [3.8, 4) is 11.5 Å². The van der Waals surface area contributed by atoms with Crippen molar-refractivity contribution in [1.29, 1.82) is 0 Å². The zero-order chi connectivity index (χ0) is 36.7. The fourth-order valence-electron chi connectivity index (χ4n) is 8.33. The van der Waals surface area contributed by atoms with Gasteiger partial charge in [0, 0.05) is 17.3 Å². The first-order valence-electron chi connectivity index (χ1n) is 16.5. The van der Waals surface area contributed by atoms with Crippen LogP contribution >= 0.6 is 45.8 Å². The highest BCUT2D eigenvalue weighted by molar-refractivity contribution is 14.1. The maximum atomic E-state index is 14.6. The van der Waals surface area contributed by atoms with Gasteiger partial charge < -0.3 is 15.2 Å². The number of phenolic OH excluding ortho intramolecular Hbond substituents is 1. The van der Waals surface area contributed by atoms with E-state index in [2.05, 4.69) is 5.32 Å². The molecule has 4 aliphatic rings. The summed E-state index contributed by atoms with van der Waals surface area (Å²) in [4.78, 5) is 55.5. The maximum Gasteiger partial charge on any atom is 0.258 e. The van der Waals surface area contributed by atoms with Gasteiger partial charge in [0.05, 0.1) is 33.9 Å². The lowest BCUT2D eigenvalue weighted by atomic mass is 9.56. The lowest BCUT2D eigenvalue weighted by Crippen LogP contribution is -2.60. The highest BCUT2D eigenvalue weighted by Gasteiger charge is 2.76. The first kappa shape index (κ1) is 34.6. The predicted octanol–water partition coefficient (Wildman–Crippen LogP) is 7.66. The van der Waals surface area contributed by atoms with E-state index in [1.807, 2.05) is 59.0 Å². The van der Waals surface area contributed by atoms with Gasteiger partial charge >= 0.3 is 0 Å². The number of fused-ring (bicyclic) bond motifs is 4. The number of halogens is 4. The third-order valence-corrected chi connectivity index (χ3v) is 12.9.